The molecule has 3 rings (SSSR count). The fraction of sp³-hybridized carbons (Fsp3) is 0.211. The maximum absolute atomic E-state index is 11.4. The Bertz CT molecular complexity index is 653. The Hall–Kier alpha value is -2.23. The monoisotopic (exact) mass is 294 g/mol. The molecule has 1 heterocycles. The van der Waals surface area contributed by atoms with Crippen molar-refractivity contribution in [3.8, 4) is 0 Å². The largest absolute Gasteiger partial charge is 0.340 e. The lowest BCUT2D eigenvalue weighted by atomic mass is 9.95. The van der Waals surface area contributed by atoms with E-state index in [-0.39, 0.29) is 5.78 Å². The van der Waals surface area contributed by atoms with Crippen molar-refractivity contribution in [2.24, 2.45) is 0 Å². The SMILES string of the molecule is C=CC(=O)Cc1ccc(C2(c3ccccc3)OCCO2)cc1. The maximum Gasteiger partial charge on any atom is 0.222 e. The highest BCUT2D eigenvalue weighted by Crippen LogP contribution is 2.38. The van der Waals surface area contributed by atoms with Crippen LogP contribution in [0.25, 0.3) is 0 Å². The zero-order valence-corrected chi connectivity index (χ0v) is 12.3. The molecule has 0 aromatic heterocycles. The number of allylic oxidation sites excluding steroid dienone is 1. The Kier molecular flexibility index (Phi) is 4.18. The maximum atomic E-state index is 11.4. The van der Waals surface area contributed by atoms with Crippen molar-refractivity contribution in [2.45, 2.75) is 12.2 Å². The lowest BCUT2D eigenvalue weighted by molar-refractivity contribution is -0.129. The van der Waals surface area contributed by atoms with Crippen LogP contribution in [-0.4, -0.2) is 19.0 Å². The first kappa shape index (κ1) is 14.7. The van der Waals surface area contributed by atoms with Crippen molar-refractivity contribution in [3.05, 3.63) is 83.9 Å². The third-order valence-corrected chi connectivity index (χ3v) is 3.79. The zero-order chi connectivity index (χ0) is 15.4. The molecule has 0 saturated carbocycles. The predicted octanol–water partition coefficient (Wildman–Crippen LogP) is 3.23. The number of hydrogen-bond donors (Lipinski definition) is 0. The normalized spacial score (nSPS) is 16.4. The minimum Gasteiger partial charge on any atom is -0.340 e. The zero-order valence-electron chi connectivity index (χ0n) is 12.3. The molecule has 112 valence electrons. The van der Waals surface area contributed by atoms with Gasteiger partial charge in [0.2, 0.25) is 5.79 Å². The number of benzene rings is 2. The summed E-state index contributed by atoms with van der Waals surface area (Å²) < 4.78 is 11.9. The summed E-state index contributed by atoms with van der Waals surface area (Å²) in [6, 6.07) is 17.7. The lowest BCUT2D eigenvalue weighted by Crippen LogP contribution is -2.28. The Balaban J connectivity index is 1.93. The minimum atomic E-state index is -0.845. The summed E-state index contributed by atoms with van der Waals surface area (Å²) in [6.45, 7) is 4.62. The van der Waals surface area contributed by atoms with Crippen LogP contribution in [0.15, 0.2) is 67.3 Å². The van der Waals surface area contributed by atoms with Crippen LogP contribution in [0, 0.1) is 0 Å². The first-order valence-corrected chi connectivity index (χ1v) is 7.33. The molecular formula is C19H18O3. The van der Waals surface area contributed by atoms with E-state index in [2.05, 4.69) is 6.58 Å². The molecule has 0 amide bonds. The quantitative estimate of drug-likeness (QED) is 0.794. The molecule has 2 aromatic carbocycles. The second-order valence-corrected chi connectivity index (χ2v) is 5.22. The lowest BCUT2D eigenvalue weighted by Gasteiger charge is -2.28. The van der Waals surface area contributed by atoms with Gasteiger partial charge < -0.3 is 9.47 Å². The third-order valence-electron chi connectivity index (χ3n) is 3.79. The number of ketones is 1. The molecule has 22 heavy (non-hydrogen) atoms. The van der Waals surface area contributed by atoms with E-state index >= 15 is 0 Å². The van der Waals surface area contributed by atoms with Crippen molar-refractivity contribution in [1.29, 1.82) is 0 Å². The van der Waals surface area contributed by atoms with Gasteiger partial charge in [-0.1, -0.05) is 61.2 Å². The van der Waals surface area contributed by atoms with E-state index in [0.717, 1.165) is 16.7 Å². The van der Waals surface area contributed by atoms with Crippen molar-refractivity contribution >= 4 is 5.78 Å². The van der Waals surface area contributed by atoms with Crippen LogP contribution in [0.1, 0.15) is 16.7 Å². The average Bonchev–Trinajstić information content (AvgIpc) is 3.07. The van der Waals surface area contributed by atoms with Gasteiger partial charge in [0.1, 0.15) is 0 Å². The van der Waals surface area contributed by atoms with Crippen LogP contribution in [0.5, 0.6) is 0 Å². The van der Waals surface area contributed by atoms with E-state index in [9.17, 15) is 4.79 Å². The topological polar surface area (TPSA) is 35.5 Å². The smallest absolute Gasteiger partial charge is 0.222 e. The first-order valence-electron chi connectivity index (χ1n) is 7.33. The number of carbonyl (C=O) groups excluding carboxylic acids is 1. The molecule has 2 aromatic rings. The number of carbonyl (C=O) groups is 1. The molecular weight excluding hydrogens is 276 g/mol. The van der Waals surface area contributed by atoms with Gasteiger partial charge >= 0.3 is 0 Å². The fourth-order valence-corrected chi connectivity index (χ4v) is 2.69. The molecule has 1 fully saturated rings. The second kappa shape index (κ2) is 6.26. The first-order chi connectivity index (χ1) is 10.7. The standard InChI is InChI=1S/C19H18O3/c1-2-18(20)14-15-8-10-17(11-9-15)19(21-12-13-22-19)16-6-4-3-5-7-16/h2-11H,1,12-14H2. The van der Waals surface area contributed by atoms with Crippen LogP contribution in [0.3, 0.4) is 0 Å². The van der Waals surface area contributed by atoms with Crippen LogP contribution >= 0.6 is 0 Å². The summed E-state index contributed by atoms with van der Waals surface area (Å²) in [5.41, 5.74) is 2.86. The van der Waals surface area contributed by atoms with Crippen molar-refractivity contribution in [1.82, 2.24) is 0 Å². The molecule has 3 heteroatoms. The molecule has 0 unspecified atom stereocenters. The van der Waals surface area contributed by atoms with E-state index in [0.29, 0.717) is 19.6 Å². The summed E-state index contributed by atoms with van der Waals surface area (Å²) in [7, 11) is 0. The Morgan fingerprint density at radius 1 is 1.00 bits per heavy atom. The highest BCUT2D eigenvalue weighted by molar-refractivity contribution is 5.90. The van der Waals surface area contributed by atoms with E-state index in [1.54, 1.807) is 0 Å². The number of ether oxygens (including phenoxy) is 2. The molecule has 0 N–H and O–H groups in total. The van der Waals surface area contributed by atoms with Crippen molar-refractivity contribution in [2.75, 3.05) is 13.2 Å². The Morgan fingerprint density at radius 3 is 2.18 bits per heavy atom. The highest BCUT2D eigenvalue weighted by atomic mass is 16.7. The Morgan fingerprint density at radius 2 is 1.59 bits per heavy atom. The van der Waals surface area contributed by atoms with Gasteiger partial charge in [0.05, 0.1) is 13.2 Å². The third kappa shape index (κ3) is 2.73. The summed E-state index contributed by atoms with van der Waals surface area (Å²) in [5.74, 6) is -0.832. The minimum absolute atomic E-state index is 0.0129. The molecule has 1 saturated heterocycles. The molecule has 3 nitrogen and oxygen atoms in total. The van der Waals surface area contributed by atoms with Gasteiger partial charge in [-0.25, -0.2) is 0 Å². The summed E-state index contributed by atoms with van der Waals surface area (Å²) in [6.07, 6.45) is 1.71. The number of rotatable bonds is 5. The van der Waals surface area contributed by atoms with Gasteiger partial charge in [-0.15, -0.1) is 0 Å². The van der Waals surface area contributed by atoms with Gasteiger partial charge in [0, 0.05) is 17.5 Å². The van der Waals surface area contributed by atoms with Gasteiger partial charge in [-0.2, -0.15) is 0 Å². The van der Waals surface area contributed by atoms with Gasteiger partial charge in [0.15, 0.2) is 5.78 Å². The van der Waals surface area contributed by atoms with E-state index in [1.165, 1.54) is 6.08 Å². The van der Waals surface area contributed by atoms with E-state index in [4.69, 9.17) is 9.47 Å². The highest BCUT2D eigenvalue weighted by Gasteiger charge is 2.40. The summed E-state index contributed by atoms with van der Waals surface area (Å²) in [5, 5.41) is 0. The van der Waals surface area contributed by atoms with Crippen LogP contribution < -0.4 is 0 Å². The molecule has 0 spiro atoms. The average molecular weight is 294 g/mol. The van der Waals surface area contributed by atoms with Crippen molar-refractivity contribution in [3.63, 3.8) is 0 Å². The van der Waals surface area contributed by atoms with E-state index in [1.807, 2.05) is 54.6 Å². The van der Waals surface area contributed by atoms with Gasteiger partial charge in [-0.3, -0.25) is 4.79 Å². The molecule has 0 bridgehead atoms. The molecule has 0 atom stereocenters. The van der Waals surface area contributed by atoms with Gasteiger partial charge in [-0.05, 0) is 11.6 Å². The van der Waals surface area contributed by atoms with Gasteiger partial charge in [0.25, 0.3) is 0 Å². The summed E-state index contributed by atoms with van der Waals surface area (Å²) in [4.78, 5) is 11.4. The predicted molar refractivity (Wildman–Crippen MR) is 84.5 cm³/mol. The molecule has 0 aliphatic carbocycles. The van der Waals surface area contributed by atoms with E-state index < -0.39 is 5.79 Å². The molecule has 1 aliphatic heterocycles. The van der Waals surface area contributed by atoms with Crippen molar-refractivity contribution < 1.29 is 14.3 Å². The number of hydrogen-bond acceptors (Lipinski definition) is 3. The second-order valence-electron chi connectivity index (χ2n) is 5.22. The van der Waals surface area contributed by atoms with Crippen LogP contribution in [0.4, 0.5) is 0 Å². The molecule has 0 radical (unpaired) electrons. The Labute approximate surface area is 130 Å². The van der Waals surface area contributed by atoms with Crippen LogP contribution in [0.2, 0.25) is 0 Å². The van der Waals surface area contributed by atoms with Crippen LogP contribution in [-0.2, 0) is 26.5 Å². The summed E-state index contributed by atoms with van der Waals surface area (Å²) >= 11 is 0. The fourth-order valence-electron chi connectivity index (χ4n) is 2.69. The molecule has 1 aliphatic rings.